The Morgan fingerprint density at radius 2 is 1.61 bits per heavy atom. The molecule has 6 heteroatoms. The van der Waals surface area contributed by atoms with E-state index in [4.69, 9.17) is 21.9 Å². The molecule has 0 amide bonds. The lowest BCUT2D eigenvalue weighted by molar-refractivity contribution is -0.149. The van der Waals surface area contributed by atoms with Crippen LogP contribution in [0.25, 0.3) is 0 Å². The zero-order valence-corrected chi connectivity index (χ0v) is 10.9. The lowest BCUT2D eigenvalue weighted by atomic mass is 10.1. The predicted molar refractivity (Wildman–Crippen MR) is 69.8 cm³/mol. The lowest BCUT2D eigenvalue weighted by Crippen LogP contribution is -2.33. The predicted octanol–water partition coefficient (Wildman–Crippen LogP) is -0.316. The fraction of sp³-hybridized carbons (Fsp3) is 0.833. The van der Waals surface area contributed by atoms with E-state index in [1.807, 2.05) is 0 Å². The number of rotatable bonds is 11. The second-order valence-electron chi connectivity index (χ2n) is 4.28. The summed E-state index contributed by atoms with van der Waals surface area (Å²) in [5.41, 5.74) is 16.3. The number of unbranched alkanes of at least 4 members (excludes halogenated alkanes) is 2. The zero-order valence-electron chi connectivity index (χ0n) is 10.9. The summed E-state index contributed by atoms with van der Waals surface area (Å²) in [7, 11) is 0. The van der Waals surface area contributed by atoms with Gasteiger partial charge in [-0.1, -0.05) is 6.42 Å². The number of nitrogens with two attached hydrogens (primary N) is 3. The molecule has 0 aliphatic rings. The minimum atomic E-state index is -0.659. The number of carbonyl (C=O) groups is 2. The fourth-order valence-electron chi connectivity index (χ4n) is 1.42. The third kappa shape index (κ3) is 9.09. The Kier molecular flexibility index (Phi) is 10.5. The molecule has 6 N–H and O–H groups in total. The van der Waals surface area contributed by atoms with Crippen molar-refractivity contribution in [2.75, 3.05) is 19.7 Å². The standard InChI is InChI=1S/C12H25N3O3/c13-7-3-1-5-10(16)9-18-12(17)11(15)6-2-4-8-14/h11H,1-9,13-15H2/t11-/m0/s1. The minimum Gasteiger partial charge on any atom is -0.457 e. The molecule has 0 unspecified atom stereocenters. The van der Waals surface area contributed by atoms with Gasteiger partial charge in [-0.05, 0) is 38.8 Å². The van der Waals surface area contributed by atoms with Gasteiger partial charge in [0.25, 0.3) is 0 Å². The summed E-state index contributed by atoms with van der Waals surface area (Å²) in [6, 6.07) is -0.659. The van der Waals surface area contributed by atoms with Crippen LogP contribution in [-0.4, -0.2) is 37.5 Å². The van der Waals surface area contributed by atoms with Crippen molar-refractivity contribution >= 4 is 11.8 Å². The maximum absolute atomic E-state index is 11.4. The van der Waals surface area contributed by atoms with Gasteiger partial charge in [0.05, 0.1) is 0 Å². The summed E-state index contributed by atoms with van der Waals surface area (Å²) >= 11 is 0. The van der Waals surface area contributed by atoms with E-state index >= 15 is 0 Å². The van der Waals surface area contributed by atoms with Crippen molar-refractivity contribution in [3.05, 3.63) is 0 Å². The van der Waals surface area contributed by atoms with Gasteiger partial charge in [0, 0.05) is 6.42 Å². The summed E-state index contributed by atoms with van der Waals surface area (Å²) in [6.07, 6.45) is 4.09. The van der Waals surface area contributed by atoms with Gasteiger partial charge in [-0.15, -0.1) is 0 Å². The van der Waals surface area contributed by atoms with Gasteiger partial charge in [0.2, 0.25) is 0 Å². The van der Waals surface area contributed by atoms with Gasteiger partial charge in [0.1, 0.15) is 12.6 Å². The van der Waals surface area contributed by atoms with Gasteiger partial charge in [-0.2, -0.15) is 0 Å². The first kappa shape index (κ1) is 17.0. The summed E-state index contributed by atoms with van der Waals surface area (Å²) in [5.74, 6) is -0.606. The molecule has 106 valence electrons. The topological polar surface area (TPSA) is 121 Å². The Labute approximate surface area is 108 Å². The molecule has 0 fully saturated rings. The van der Waals surface area contributed by atoms with E-state index in [1.54, 1.807) is 0 Å². The van der Waals surface area contributed by atoms with Gasteiger partial charge < -0.3 is 21.9 Å². The first-order chi connectivity index (χ1) is 8.61. The van der Waals surface area contributed by atoms with Crippen LogP contribution < -0.4 is 17.2 Å². The zero-order chi connectivity index (χ0) is 13.8. The SMILES string of the molecule is NCCCCC(=O)COC(=O)[C@@H](N)CCCCN. The van der Waals surface area contributed by atoms with E-state index in [9.17, 15) is 9.59 Å². The third-order valence-electron chi connectivity index (χ3n) is 2.56. The van der Waals surface area contributed by atoms with Crippen LogP contribution in [0.15, 0.2) is 0 Å². The van der Waals surface area contributed by atoms with Gasteiger partial charge in [-0.25, -0.2) is 0 Å². The Hall–Kier alpha value is -0.980. The number of esters is 1. The third-order valence-corrected chi connectivity index (χ3v) is 2.56. The highest BCUT2D eigenvalue weighted by atomic mass is 16.5. The first-order valence-electron chi connectivity index (χ1n) is 6.45. The van der Waals surface area contributed by atoms with Gasteiger partial charge in [-0.3, -0.25) is 9.59 Å². The molecule has 0 aliphatic heterocycles. The monoisotopic (exact) mass is 259 g/mol. The van der Waals surface area contributed by atoms with Crippen molar-refractivity contribution in [1.29, 1.82) is 0 Å². The van der Waals surface area contributed by atoms with E-state index in [-0.39, 0.29) is 12.4 Å². The molecule has 0 saturated carbocycles. The average Bonchev–Trinajstić information content (AvgIpc) is 2.36. The maximum Gasteiger partial charge on any atom is 0.323 e. The molecule has 0 spiro atoms. The molecule has 0 heterocycles. The molecule has 0 saturated heterocycles. The fourth-order valence-corrected chi connectivity index (χ4v) is 1.42. The van der Waals surface area contributed by atoms with Crippen molar-refractivity contribution in [2.45, 2.75) is 44.6 Å². The molecule has 0 radical (unpaired) electrons. The molecule has 6 nitrogen and oxygen atoms in total. The number of Topliss-reactive ketones (excluding diaryl/α,β-unsaturated/α-hetero) is 1. The molecule has 0 bridgehead atoms. The van der Waals surface area contributed by atoms with Crippen LogP contribution >= 0.6 is 0 Å². The second-order valence-corrected chi connectivity index (χ2v) is 4.28. The van der Waals surface area contributed by atoms with E-state index in [2.05, 4.69) is 0 Å². The van der Waals surface area contributed by atoms with Gasteiger partial charge >= 0.3 is 5.97 Å². The molecule has 0 aromatic heterocycles. The van der Waals surface area contributed by atoms with Crippen LogP contribution in [-0.2, 0) is 14.3 Å². The van der Waals surface area contributed by atoms with Crippen molar-refractivity contribution in [3.8, 4) is 0 Å². The summed E-state index contributed by atoms with van der Waals surface area (Å²) in [4.78, 5) is 22.8. The van der Waals surface area contributed by atoms with Gasteiger partial charge in [0.15, 0.2) is 5.78 Å². The second kappa shape index (κ2) is 11.1. The van der Waals surface area contributed by atoms with Crippen LogP contribution in [0.3, 0.4) is 0 Å². The van der Waals surface area contributed by atoms with E-state index in [0.717, 1.165) is 25.7 Å². The Balaban J connectivity index is 3.64. The van der Waals surface area contributed by atoms with Crippen molar-refractivity contribution in [1.82, 2.24) is 0 Å². The van der Waals surface area contributed by atoms with E-state index in [0.29, 0.717) is 25.9 Å². The average molecular weight is 259 g/mol. The van der Waals surface area contributed by atoms with Crippen LogP contribution in [0.2, 0.25) is 0 Å². The smallest absolute Gasteiger partial charge is 0.323 e. The number of ether oxygens (including phenoxy) is 1. The minimum absolute atomic E-state index is 0.0917. The van der Waals surface area contributed by atoms with E-state index < -0.39 is 12.0 Å². The van der Waals surface area contributed by atoms with Crippen molar-refractivity contribution in [3.63, 3.8) is 0 Å². The largest absolute Gasteiger partial charge is 0.457 e. The Morgan fingerprint density at radius 1 is 1.00 bits per heavy atom. The highest BCUT2D eigenvalue weighted by molar-refractivity contribution is 5.83. The summed E-state index contributed by atoms with van der Waals surface area (Å²) < 4.78 is 4.85. The molecule has 0 aliphatic carbocycles. The van der Waals surface area contributed by atoms with Crippen LogP contribution in [0.5, 0.6) is 0 Å². The molecule has 0 rings (SSSR count). The molecule has 1 atom stereocenters. The lowest BCUT2D eigenvalue weighted by Gasteiger charge is -2.10. The maximum atomic E-state index is 11.4. The highest BCUT2D eigenvalue weighted by Gasteiger charge is 2.15. The number of hydrogen-bond acceptors (Lipinski definition) is 6. The number of hydrogen-bond donors (Lipinski definition) is 3. The first-order valence-corrected chi connectivity index (χ1v) is 6.45. The molecular weight excluding hydrogens is 234 g/mol. The quantitative estimate of drug-likeness (QED) is 0.345. The van der Waals surface area contributed by atoms with Crippen LogP contribution in [0, 0.1) is 0 Å². The number of carbonyl (C=O) groups excluding carboxylic acids is 2. The summed E-state index contributed by atoms with van der Waals surface area (Å²) in [5, 5.41) is 0. The highest BCUT2D eigenvalue weighted by Crippen LogP contribution is 2.01. The molecular formula is C12H25N3O3. The van der Waals surface area contributed by atoms with Crippen LogP contribution in [0.1, 0.15) is 38.5 Å². The van der Waals surface area contributed by atoms with Crippen molar-refractivity contribution < 1.29 is 14.3 Å². The van der Waals surface area contributed by atoms with Crippen molar-refractivity contribution in [2.24, 2.45) is 17.2 Å². The molecule has 0 aromatic rings. The Bertz CT molecular complexity index is 247. The Morgan fingerprint density at radius 3 is 2.22 bits per heavy atom. The summed E-state index contributed by atoms with van der Waals surface area (Å²) in [6.45, 7) is 0.967. The normalized spacial score (nSPS) is 12.2. The molecule has 0 aromatic carbocycles. The van der Waals surface area contributed by atoms with Crippen LogP contribution in [0.4, 0.5) is 0 Å². The van der Waals surface area contributed by atoms with E-state index in [1.165, 1.54) is 0 Å². The molecule has 18 heavy (non-hydrogen) atoms. The number of ketones is 1.